The van der Waals surface area contributed by atoms with Crippen molar-refractivity contribution in [3.8, 4) is 0 Å². The van der Waals surface area contributed by atoms with Crippen LogP contribution in [0, 0.1) is 0 Å². The molecule has 0 aliphatic carbocycles. The molecule has 7 heteroatoms. The van der Waals surface area contributed by atoms with Gasteiger partial charge < -0.3 is 0 Å². The van der Waals surface area contributed by atoms with Gasteiger partial charge in [-0.2, -0.15) is 21.4 Å². The Morgan fingerprint density at radius 1 is 1.37 bits per heavy atom. The molecular formula is C12H14N4S3. The van der Waals surface area contributed by atoms with Crippen molar-refractivity contribution in [2.24, 2.45) is 0 Å². The van der Waals surface area contributed by atoms with E-state index >= 15 is 0 Å². The highest BCUT2D eigenvalue weighted by atomic mass is 32.2. The Kier molecular flexibility index (Phi) is 3.86. The van der Waals surface area contributed by atoms with E-state index in [1.54, 1.807) is 22.7 Å². The molecule has 0 saturated carbocycles. The molecule has 100 valence electrons. The quantitative estimate of drug-likeness (QED) is 0.723. The molecule has 4 nitrogen and oxygen atoms in total. The van der Waals surface area contributed by atoms with E-state index in [-0.39, 0.29) is 0 Å². The molecule has 0 N–H and O–H groups in total. The summed E-state index contributed by atoms with van der Waals surface area (Å²) in [5.74, 6) is 1.81. The average Bonchev–Trinajstić information content (AvgIpc) is 3.04. The van der Waals surface area contributed by atoms with Crippen LogP contribution in [0.15, 0.2) is 17.5 Å². The van der Waals surface area contributed by atoms with E-state index in [1.165, 1.54) is 4.88 Å². The molecule has 0 aromatic carbocycles. The van der Waals surface area contributed by atoms with Gasteiger partial charge >= 0.3 is 0 Å². The Bertz CT molecular complexity index is 654. The van der Waals surface area contributed by atoms with Gasteiger partial charge in [0, 0.05) is 11.3 Å². The van der Waals surface area contributed by atoms with E-state index < -0.39 is 0 Å². The van der Waals surface area contributed by atoms with E-state index in [1.807, 2.05) is 16.3 Å². The summed E-state index contributed by atoms with van der Waals surface area (Å²) in [7, 11) is 0. The van der Waals surface area contributed by atoms with Crippen molar-refractivity contribution in [1.29, 1.82) is 0 Å². The number of hydrogen-bond donors (Lipinski definition) is 0. The fourth-order valence-electron chi connectivity index (χ4n) is 1.66. The van der Waals surface area contributed by atoms with Gasteiger partial charge in [-0.25, -0.2) is 0 Å². The molecule has 0 atom stereocenters. The lowest BCUT2D eigenvalue weighted by Crippen LogP contribution is -1.97. The third-order valence-electron chi connectivity index (χ3n) is 2.55. The first-order valence-electron chi connectivity index (χ1n) is 6.06. The second-order valence-corrected chi connectivity index (χ2v) is 8.06. The molecule has 0 aliphatic rings. The zero-order valence-corrected chi connectivity index (χ0v) is 13.2. The van der Waals surface area contributed by atoms with Gasteiger partial charge in [0.15, 0.2) is 5.82 Å². The van der Waals surface area contributed by atoms with Gasteiger partial charge in [0.2, 0.25) is 4.96 Å². The fraction of sp³-hybridized carbons (Fsp3) is 0.417. The van der Waals surface area contributed by atoms with E-state index in [2.05, 4.69) is 46.7 Å². The van der Waals surface area contributed by atoms with Crippen LogP contribution in [0.5, 0.6) is 0 Å². The lowest BCUT2D eigenvalue weighted by Gasteiger charge is -2.01. The number of fused-ring (bicyclic) bond motifs is 1. The van der Waals surface area contributed by atoms with Crippen LogP contribution in [0.3, 0.4) is 0 Å². The molecular weight excluding hydrogens is 296 g/mol. The number of rotatable bonds is 5. The smallest absolute Gasteiger partial charge is 0.186 e. The Morgan fingerprint density at radius 2 is 2.26 bits per heavy atom. The van der Waals surface area contributed by atoms with Crippen LogP contribution in [0.2, 0.25) is 0 Å². The normalized spacial score (nSPS) is 11.7. The molecule has 3 aromatic rings. The Morgan fingerprint density at radius 3 is 3.00 bits per heavy atom. The van der Waals surface area contributed by atoms with Gasteiger partial charge in [-0.15, -0.1) is 21.5 Å². The second-order valence-electron chi connectivity index (χ2n) is 4.42. The summed E-state index contributed by atoms with van der Waals surface area (Å²) in [5.41, 5.74) is 0. The molecule has 19 heavy (non-hydrogen) atoms. The maximum Gasteiger partial charge on any atom is 0.234 e. The molecule has 0 fully saturated rings. The van der Waals surface area contributed by atoms with Crippen LogP contribution < -0.4 is 0 Å². The van der Waals surface area contributed by atoms with Crippen LogP contribution in [0.25, 0.3) is 4.96 Å². The topological polar surface area (TPSA) is 43.1 Å². The highest BCUT2D eigenvalue weighted by Gasteiger charge is 2.12. The number of aromatic nitrogens is 4. The summed E-state index contributed by atoms with van der Waals surface area (Å²) in [6.07, 6.45) is 0.891. The highest BCUT2D eigenvalue weighted by molar-refractivity contribution is 7.99. The number of hydrogen-bond acceptors (Lipinski definition) is 6. The van der Waals surface area contributed by atoms with Gasteiger partial charge in [-0.05, 0) is 16.7 Å². The largest absolute Gasteiger partial charge is 0.234 e. The maximum absolute atomic E-state index is 4.63. The molecule has 0 saturated heterocycles. The summed E-state index contributed by atoms with van der Waals surface area (Å²) >= 11 is 5.25. The van der Waals surface area contributed by atoms with Crippen molar-refractivity contribution < 1.29 is 0 Å². The van der Waals surface area contributed by atoms with Crippen LogP contribution in [0.1, 0.15) is 29.6 Å². The standard InChI is InChI=1S/C12H14N4S3/c1-8(2)18-7-10-13-14-12-16(10)15-11(19-12)6-9-4-3-5-17-9/h3-5,8H,6-7H2,1-2H3. The minimum atomic E-state index is 0.594. The third kappa shape index (κ3) is 2.98. The highest BCUT2D eigenvalue weighted by Crippen LogP contribution is 2.22. The first kappa shape index (κ1) is 13.1. The summed E-state index contributed by atoms with van der Waals surface area (Å²) in [5, 5.41) is 16.8. The Balaban J connectivity index is 1.81. The summed E-state index contributed by atoms with van der Waals surface area (Å²) in [6.45, 7) is 4.37. The van der Waals surface area contributed by atoms with E-state index in [0.29, 0.717) is 5.25 Å². The van der Waals surface area contributed by atoms with Crippen molar-refractivity contribution in [2.75, 3.05) is 0 Å². The van der Waals surface area contributed by atoms with E-state index in [4.69, 9.17) is 0 Å². The SMILES string of the molecule is CC(C)SCc1nnc2sc(Cc3cccs3)nn12. The molecule has 0 spiro atoms. The lowest BCUT2D eigenvalue weighted by molar-refractivity contribution is 0.856. The van der Waals surface area contributed by atoms with Gasteiger partial charge in [0.1, 0.15) is 5.01 Å². The van der Waals surface area contributed by atoms with Gasteiger partial charge in [0.25, 0.3) is 0 Å². The lowest BCUT2D eigenvalue weighted by atomic mass is 10.4. The number of nitrogens with zero attached hydrogens (tertiary/aromatic N) is 4. The van der Waals surface area contributed by atoms with Gasteiger partial charge in [-0.1, -0.05) is 31.3 Å². The van der Waals surface area contributed by atoms with Crippen molar-refractivity contribution in [3.05, 3.63) is 33.2 Å². The van der Waals surface area contributed by atoms with Crippen LogP contribution >= 0.6 is 34.4 Å². The van der Waals surface area contributed by atoms with E-state index in [9.17, 15) is 0 Å². The van der Waals surface area contributed by atoms with Crippen molar-refractivity contribution >= 4 is 39.4 Å². The molecule has 0 unspecified atom stereocenters. The van der Waals surface area contributed by atoms with Crippen molar-refractivity contribution in [3.63, 3.8) is 0 Å². The molecule has 0 radical (unpaired) electrons. The Labute approximate surface area is 123 Å². The molecule has 0 bridgehead atoms. The maximum atomic E-state index is 4.63. The van der Waals surface area contributed by atoms with Crippen LogP contribution in [-0.4, -0.2) is 25.1 Å². The molecule has 3 aromatic heterocycles. The monoisotopic (exact) mass is 310 g/mol. The first-order valence-corrected chi connectivity index (χ1v) is 8.81. The summed E-state index contributed by atoms with van der Waals surface area (Å²) in [6, 6.07) is 4.22. The third-order valence-corrected chi connectivity index (χ3v) is 5.42. The molecule has 0 amide bonds. The molecule has 3 rings (SSSR count). The number of thioether (sulfide) groups is 1. The van der Waals surface area contributed by atoms with Crippen LogP contribution in [-0.2, 0) is 12.2 Å². The second kappa shape index (κ2) is 5.60. The minimum absolute atomic E-state index is 0.594. The van der Waals surface area contributed by atoms with Crippen molar-refractivity contribution in [2.45, 2.75) is 31.3 Å². The van der Waals surface area contributed by atoms with E-state index in [0.717, 1.165) is 28.0 Å². The van der Waals surface area contributed by atoms with Gasteiger partial charge in [-0.3, -0.25) is 0 Å². The predicted octanol–water partition coefficient (Wildman–Crippen LogP) is 3.48. The number of thiophene rings is 1. The first-order chi connectivity index (χ1) is 9.22. The Hall–Kier alpha value is -0.920. The predicted molar refractivity (Wildman–Crippen MR) is 82.2 cm³/mol. The summed E-state index contributed by atoms with van der Waals surface area (Å²) < 4.78 is 1.89. The van der Waals surface area contributed by atoms with Crippen molar-refractivity contribution in [1.82, 2.24) is 19.8 Å². The van der Waals surface area contributed by atoms with Crippen LogP contribution in [0.4, 0.5) is 0 Å². The average molecular weight is 310 g/mol. The van der Waals surface area contributed by atoms with Gasteiger partial charge in [0.05, 0.1) is 5.75 Å². The zero-order chi connectivity index (χ0) is 13.2. The minimum Gasteiger partial charge on any atom is -0.186 e. The summed E-state index contributed by atoms with van der Waals surface area (Å²) in [4.78, 5) is 2.23. The zero-order valence-electron chi connectivity index (χ0n) is 10.7. The fourth-order valence-corrected chi connectivity index (χ4v) is 4.00. The molecule has 0 aliphatic heterocycles. The molecule has 3 heterocycles.